The van der Waals surface area contributed by atoms with Crippen molar-refractivity contribution in [3.05, 3.63) is 23.5 Å². The fourth-order valence-corrected chi connectivity index (χ4v) is 4.02. The molecule has 0 bridgehead atoms. The van der Waals surface area contributed by atoms with E-state index in [-0.39, 0.29) is 22.1 Å². The molecule has 0 saturated carbocycles. The molecule has 0 spiro atoms. The number of ether oxygens (including phenoxy) is 1. The van der Waals surface area contributed by atoms with Crippen LogP contribution in [-0.2, 0) is 14.8 Å². The largest absolute Gasteiger partial charge is 0.373 e. The second-order valence-electron chi connectivity index (χ2n) is 4.39. The molecule has 0 aromatic carbocycles. The highest BCUT2D eigenvalue weighted by Gasteiger charge is 2.33. The minimum absolute atomic E-state index is 0.0490. The lowest BCUT2D eigenvalue weighted by atomic mass is 10.3. The van der Waals surface area contributed by atoms with Gasteiger partial charge < -0.3 is 4.74 Å². The van der Waals surface area contributed by atoms with Crippen LogP contribution in [0, 0.1) is 0 Å². The number of nitrogens with zero attached hydrogens (tertiary/aromatic N) is 2. The van der Waals surface area contributed by atoms with Crippen molar-refractivity contribution in [2.45, 2.75) is 31.0 Å². The van der Waals surface area contributed by atoms with Crippen LogP contribution in [0.5, 0.6) is 0 Å². The summed E-state index contributed by atoms with van der Waals surface area (Å²) in [5.74, 6) is 0. The van der Waals surface area contributed by atoms with Crippen LogP contribution in [0.4, 0.5) is 0 Å². The minimum Gasteiger partial charge on any atom is -0.373 e. The molecule has 0 radical (unpaired) electrons. The van der Waals surface area contributed by atoms with Gasteiger partial charge in [0.05, 0.1) is 17.2 Å². The predicted octanol–water partition coefficient (Wildman–Crippen LogP) is 1.53. The number of morpholine rings is 1. The number of aromatic nitrogens is 1. The standard InChI is InChI=1S/C11H15ClN2O3S/c1-8-6-14(7-9(2)17-8)18(15,16)11-5-13-4-3-10(11)12/h3-5,8-9H,6-7H2,1-2H3/t8-,9+. The first-order chi connectivity index (χ1) is 8.41. The summed E-state index contributed by atoms with van der Waals surface area (Å²) in [6, 6.07) is 1.47. The molecule has 2 heterocycles. The number of hydrogen-bond acceptors (Lipinski definition) is 4. The summed E-state index contributed by atoms with van der Waals surface area (Å²) in [6.45, 7) is 4.36. The van der Waals surface area contributed by atoms with Gasteiger partial charge in [0.15, 0.2) is 0 Å². The highest BCUT2D eigenvalue weighted by molar-refractivity contribution is 7.89. The quantitative estimate of drug-likeness (QED) is 0.829. The first-order valence-corrected chi connectivity index (χ1v) is 7.48. The molecule has 5 nitrogen and oxygen atoms in total. The Kier molecular flexibility index (Phi) is 3.91. The highest BCUT2D eigenvalue weighted by atomic mass is 35.5. The Morgan fingerprint density at radius 2 is 2.00 bits per heavy atom. The molecule has 2 rings (SSSR count). The summed E-state index contributed by atoms with van der Waals surface area (Å²) in [6.07, 6.45) is 2.49. The maximum Gasteiger partial charge on any atom is 0.246 e. The number of sulfonamides is 1. The number of hydrogen-bond donors (Lipinski definition) is 0. The van der Waals surface area contributed by atoms with Crippen molar-refractivity contribution in [2.24, 2.45) is 0 Å². The molecule has 1 saturated heterocycles. The van der Waals surface area contributed by atoms with Crippen LogP contribution in [0.1, 0.15) is 13.8 Å². The van der Waals surface area contributed by atoms with Gasteiger partial charge in [-0.3, -0.25) is 4.98 Å². The van der Waals surface area contributed by atoms with Crippen molar-refractivity contribution >= 4 is 21.6 Å². The third-order valence-corrected chi connectivity index (χ3v) is 5.04. The summed E-state index contributed by atoms with van der Waals surface area (Å²) >= 11 is 5.92. The van der Waals surface area contributed by atoms with Gasteiger partial charge in [-0.2, -0.15) is 4.31 Å². The van der Waals surface area contributed by atoms with Gasteiger partial charge in [-0.15, -0.1) is 0 Å². The third-order valence-electron chi connectivity index (χ3n) is 2.74. The predicted molar refractivity (Wildman–Crippen MR) is 68.0 cm³/mol. The second-order valence-corrected chi connectivity index (χ2v) is 6.70. The molecule has 7 heteroatoms. The molecule has 0 N–H and O–H groups in total. The number of pyridine rings is 1. The SMILES string of the molecule is C[C@@H]1CN(S(=O)(=O)c2cnccc2Cl)C[C@H](C)O1. The van der Waals surface area contributed by atoms with Gasteiger partial charge >= 0.3 is 0 Å². The fraction of sp³-hybridized carbons (Fsp3) is 0.545. The van der Waals surface area contributed by atoms with E-state index in [1.54, 1.807) is 0 Å². The summed E-state index contributed by atoms with van der Waals surface area (Å²) in [7, 11) is -3.60. The lowest BCUT2D eigenvalue weighted by Crippen LogP contribution is -2.48. The van der Waals surface area contributed by atoms with Crippen LogP contribution in [0.15, 0.2) is 23.4 Å². The topological polar surface area (TPSA) is 59.5 Å². The fourth-order valence-electron chi connectivity index (χ4n) is 2.02. The van der Waals surface area contributed by atoms with Crippen LogP contribution < -0.4 is 0 Å². The van der Waals surface area contributed by atoms with Gasteiger partial charge in [-0.25, -0.2) is 8.42 Å². The maximum atomic E-state index is 12.4. The van der Waals surface area contributed by atoms with Crippen molar-refractivity contribution in [1.82, 2.24) is 9.29 Å². The Morgan fingerprint density at radius 3 is 2.56 bits per heavy atom. The van der Waals surface area contributed by atoms with E-state index >= 15 is 0 Å². The molecular weight excluding hydrogens is 276 g/mol. The first-order valence-electron chi connectivity index (χ1n) is 5.66. The van der Waals surface area contributed by atoms with E-state index in [0.717, 1.165) is 0 Å². The smallest absolute Gasteiger partial charge is 0.246 e. The van der Waals surface area contributed by atoms with E-state index < -0.39 is 10.0 Å². The lowest BCUT2D eigenvalue weighted by Gasteiger charge is -2.34. The van der Waals surface area contributed by atoms with Crippen molar-refractivity contribution in [3.63, 3.8) is 0 Å². The summed E-state index contributed by atoms with van der Waals surface area (Å²) in [5.41, 5.74) is 0. The molecule has 0 unspecified atom stereocenters. The summed E-state index contributed by atoms with van der Waals surface area (Å²) in [4.78, 5) is 3.87. The first kappa shape index (κ1) is 13.7. The molecule has 2 atom stereocenters. The molecule has 1 aromatic heterocycles. The van der Waals surface area contributed by atoms with E-state index in [4.69, 9.17) is 16.3 Å². The molecule has 1 fully saturated rings. The van der Waals surface area contributed by atoms with Crippen molar-refractivity contribution in [2.75, 3.05) is 13.1 Å². The van der Waals surface area contributed by atoms with Crippen LogP contribution in [0.3, 0.4) is 0 Å². The van der Waals surface area contributed by atoms with Crippen molar-refractivity contribution in [3.8, 4) is 0 Å². The third kappa shape index (κ3) is 2.66. The van der Waals surface area contributed by atoms with Crippen molar-refractivity contribution < 1.29 is 13.2 Å². The normalized spacial score (nSPS) is 26.2. The molecule has 1 aliphatic rings. The molecule has 0 aliphatic carbocycles. The zero-order valence-corrected chi connectivity index (χ0v) is 11.8. The molecular formula is C11H15ClN2O3S. The zero-order chi connectivity index (χ0) is 13.3. The van der Waals surface area contributed by atoms with Gasteiger partial charge in [-0.1, -0.05) is 11.6 Å². The Balaban J connectivity index is 2.34. The van der Waals surface area contributed by atoms with E-state index in [2.05, 4.69) is 4.98 Å². The van der Waals surface area contributed by atoms with Gasteiger partial charge in [0.25, 0.3) is 0 Å². The average molecular weight is 291 g/mol. The van der Waals surface area contributed by atoms with Crippen LogP contribution >= 0.6 is 11.6 Å². The summed E-state index contributed by atoms with van der Waals surface area (Å²) < 4.78 is 31.8. The van der Waals surface area contributed by atoms with Crippen molar-refractivity contribution in [1.29, 1.82) is 0 Å². The van der Waals surface area contributed by atoms with Crippen LogP contribution in [0.25, 0.3) is 0 Å². The Hall–Kier alpha value is -0.690. The maximum absolute atomic E-state index is 12.4. The van der Waals surface area contributed by atoms with E-state index in [0.29, 0.717) is 13.1 Å². The molecule has 1 aromatic rings. The Bertz CT molecular complexity index is 525. The van der Waals surface area contributed by atoms with Gasteiger partial charge in [0.1, 0.15) is 4.90 Å². The van der Waals surface area contributed by atoms with Gasteiger partial charge in [-0.05, 0) is 19.9 Å². The minimum atomic E-state index is -3.60. The van der Waals surface area contributed by atoms with Gasteiger partial charge in [0.2, 0.25) is 10.0 Å². The van der Waals surface area contributed by atoms with Crippen LogP contribution in [0.2, 0.25) is 5.02 Å². The number of halogens is 1. The monoisotopic (exact) mass is 290 g/mol. The molecule has 0 amide bonds. The Morgan fingerprint density at radius 1 is 1.39 bits per heavy atom. The summed E-state index contributed by atoms with van der Waals surface area (Å²) in [5, 5.41) is 0.191. The van der Waals surface area contributed by atoms with E-state index in [1.807, 2.05) is 13.8 Å². The van der Waals surface area contributed by atoms with Gasteiger partial charge in [0, 0.05) is 25.5 Å². The Labute approximate surface area is 112 Å². The molecule has 100 valence electrons. The number of rotatable bonds is 2. The lowest BCUT2D eigenvalue weighted by molar-refractivity contribution is -0.0440. The molecule has 1 aliphatic heterocycles. The van der Waals surface area contributed by atoms with E-state index in [9.17, 15) is 8.42 Å². The second kappa shape index (κ2) is 5.13. The van der Waals surface area contributed by atoms with E-state index in [1.165, 1.54) is 22.8 Å². The zero-order valence-electron chi connectivity index (χ0n) is 10.2. The average Bonchev–Trinajstić information content (AvgIpc) is 2.28. The highest BCUT2D eigenvalue weighted by Crippen LogP contribution is 2.25. The molecule has 18 heavy (non-hydrogen) atoms. The van der Waals surface area contributed by atoms with Crippen LogP contribution in [-0.4, -0.2) is 43.0 Å².